The molecule has 1 fully saturated rings. The predicted octanol–water partition coefficient (Wildman–Crippen LogP) is 1.71. The lowest BCUT2D eigenvalue weighted by atomic mass is 9.98. The molecule has 15 nitrogen and oxygen atoms in total. The van der Waals surface area contributed by atoms with Gasteiger partial charge in [0.15, 0.2) is 18.6 Å². The molecule has 7 atom stereocenters. The number of nitrogens with zero attached hydrogens (tertiary/aromatic N) is 2. The molecule has 1 aliphatic heterocycles. The molecule has 2 aromatic rings. The van der Waals surface area contributed by atoms with Gasteiger partial charge in [0, 0.05) is 12.3 Å². The van der Waals surface area contributed by atoms with Gasteiger partial charge in [0.25, 0.3) is 5.56 Å². The zero-order valence-electron chi connectivity index (χ0n) is 26.1. The average molecular weight is 691 g/mol. The van der Waals surface area contributed by atoms with Gasteiger partial charge in [-0.2, -0.15) is 16.8 Å². The van der Waals surface area contributed by atoms with Gasteiger partial charge in [-0.05, 0) is 58.3 Å². The lowest BCUT2D eigenvalue weighted by Gasteiger charge is -2.25. The molecule has 0 aliphatic carbocycles. The number of aliphatic hydroxyl groups excluding tert-OH is 1. The second kappa shape index (κ2) is 16.2. The molecule has 0 saturated carbocycles. The van der Waals surface area contributed by atoms with Crippen LogP contribution in [0, 0.1) is 0 Å². The number of esters is 2. The third kappa shape index (κ3) is 9.50. The van der Waals surface area contributed by atoms with E-state index in [-0.39, 0.29) is 5.75 Å². The molecule has 1 saturated heterocycles. The van der Waals surface area contributed by atoms with Crippen molar-refractivity contribution in [2.75, 3.05) is 18.6 Å². The summed E-state index contributed by atoms with van der Waals surface area (Å²) >= 11 is 1.47. The van der Waals surface area contributed by atoms with E-state index in [0.29, 0.717) is 21.3 Å². The summed E-state index contributed by atoms with van der Waals surface area (Å²) in [6, 6.07) is 6.67. The number of carbonyl (C=O) groups is 2. The molecule has 2 heterocycles. The van der Waals surface area contributed by atoms with E-state index in [2.05, 4.69) is 5.09 Å². The number of aliphatic hydroxyl groups is 1. The van der Waals surface area contributed by atoms with Crippen molar-refractivity contribution in [1.82, 2.24) is 14.2 Å². The van der Waals surface area contributed by atoms with E-state index in [1.807, 2.05) is 6.26 Å². The number of nitrogens with one attached hydrogen (secondary N) is 1. The number of alkyl halides is 1. The maximum Gasteiger partial charge on any atom is 0.459 e. The molecule has 1 aliphatic rings. The van der Waals surface area contributed by atoms with E-state index >= 15 is 4.39 Å². The van der Waals surface area contributed by atoms with Crippen molar-refractivity contribution in [2.45, 2.75) is 83.1 Å². The van der Waals surface area contributed by atoms with Gasteiger partial charge in [-0.25, -0.2) is 18.3 Å². The molecule has 0 spiro atoms. The van der Waals surface area contributed by atoms with Crippen LogP contribution < -0.4 is 26.6 Å². The van der Waals surface area contributed by atoms with Crippen LogP contribution in [0.3, 0.4) is 0 Å². The van der Waals surface area contributed by atoms with E-state index in [1.165, 1.54) is 30.8 Å². The number of aromatic nitrogens is 2. The van der Waals surface area contributed by atoms with E-state index < -0.39 is 86.6 Å². The van der Waals surface area contributed by atoms with Gasteiger partial charge < -0.3 is 29.6 Å². The highest BCUT2D eigenvalue weighted by Gasteiger charge is 2.56. The number of halogens is 1. The van der Waals surface area contributed by atoms with Crippen molar-refractivity contribution in [1.29, 1.82) is 0 Å². The zero-order valence-corrected chi connectivity index (χ0v) is 27.8. The van der Waals surface area contributed by atoms with Gasteiger partial charge in [0.1, 0.15) is 30.0 Å². The Balaban J connectivity index is 1.80. The Morgan fingerprint density at radius 3 is 2.50 bits per heavy atom. The van der Waals surface area contributed by atoms with Crippen LogP contribution in [0.25, 0.3) is 0 Å². The van der Waals surface area contributed by atoms with E-state index in [0.717, 1.165) is 19.2 Å². The number of ether oxygens (including phenoxy) is 3. The number of carbonyl (C=O) groups excluding carboxylic acids is 2. The fourth-order valence-electron chi connectivity index (χ4n) is 4.28. The number of para-hydroxylation sites is 1. The van der Waals surface area contributed by atoms with Gasteiger partial charge in [-0.15, -0.1) is 0 Å². The van der Waals surface area contributed by atoms with Gasteiger partial charge >= 0.3 is 25.4 Å². The predicted molar refractivity (Wildman–Crippen MR) is 166 cm³/mol. The number of benzene rings is 1. The molecule has 256 valence electrons. The monoisotopic (exact) mass is 690 g/mol. The summed E-state index contributed by atoms with van der Waals surface area (Å²) in [6.45, 7) is 4.10. The first-order valence-electron chi connectivity index (χ1n) is 14.3. The second-order valence-electron chi connectivity index (χ2n) is 10.9. The average Bonchev–Trinajstić information content (AvgIpc) is 3.22. The van der Waals surface area contributed by atoms with Crippen LogP contribution in [0.15, 0.2) is 52.2 Å². The molecular formula is C28H40FN4O11PS. The molecule has 1 aromatic heterocycles. The Kier molecular flexibility index (Phi) is 13.2. The minimum absolute atomic E-state index is 0.114. The van der Waals surface area contributed by atoms with Crippen LogP contribution in [0.4, 0.5) is 4.39 Å². The summed E-state index contributed by atoms with van der Waals surface area (Å²) in [5.41, 5.74) is 1.20. The fourth-order valence-corrected chi connectivity index (χ4v) is 6.27. The Labute approximate surface area is 269 Å². The maximum atomic E-state index is 16.0. The number of thioether (sulfide) groups is 1. The molecule has 1 aromatic carbocycles. The molecule has 4 N–H and O–H groups in total. The van der Waals surface area contributed by atoms with Crippen LogP contribution in [0.2, 0.25) is 0 Å². The molecule has 0 bridgehead atoms. The van der Waals surface area contributed by atoms with Crippen molar-refractivity contribution in [3.8, 4) is 5.75 Å². The summed E-state index contributed by atoms with van der Waals surface area (Å²) < 4.78 is 58.0. The van der Waals surface area contributed by atoms with Gasteiger partial charge in [0.2, 0.25) is 0 Å². The first-order valence-corrected chi connectivity index (χ1v) is 17.3. The standard InChI is InChI=1S/C28H40FN4O11PS/c1-17(2)42-24(36)18(3)31-45(39,44-19-9-7-6-8-10-19)41-15-21-23(35)28(4,29)26(43-21)32-13-11-22(34)33(27(32)38)16-40-25(37)20(30)12-14-46-5/h6-11,13,17-18,20-21,23,26,35H,12,14-16,30H2,1-5H3,(H,31,39)/t18-,20+,21+,23+,26+,28+,45?/m0/s1. The minimum Gasteiger partial charge on any atom is -0.462 e. The molecule has 0 amide bonds. The molecular weight excluding hydrogens is 650 g/mol. The van der Waals surface area contributed by atoms with Crippen LogP contribution in [0.5, 0.6) is 5.75 Å². The van der Waals surface area contributed by atoms with Gasteiger partial charge in [0.05, 0.1) is 12.7 Å². The first kappa shape index (κ1) is 37.4. The Morgan fingerprint density at radius 1 is 1.20 bits per heavy atom. The highest BCUT2D eigenvalue weighted by atomic mass is 32.2. The maximum absolute atomic E-state index is 16.0. The molecule has 0 radical (unpaired) electrons. The highest BCUT2D eigenvalue weighted by Crippen LogP contribution is 2.47. The van der Waals surface area contributed by atoms with E-state index in [1.54, 1.807) is 32.0 Å². The van der Waals surface area contributed by atoms with Crippen molar-refractivity contribution in [2.24, 2.45) is 5.73 Å². The summed E-state index contributed by atoms with van der Waals surface area (Å²) in [6.07, 6.45) is -2.57. The van der Waals surface area contributed by atoms with Crippen LogP contribution in [-0.2, 0) is 39.6 Å². The van der Waals surface area contributed by atoms with E-state index in [4.69, 9.17) is 29.0 Å². The SMILES string of the molecule is CSCC[C@@H](N)C(=O)OCn1c(=O)ccn([C@@H]2O[C@H](COP(=O)(N[C@@H](C)C(=O)OC(C)C)Oc3ccccc3)[C@@H](O)[C@@]2(C)F)c1=O. The first-order chi connectivity index (χ1) is 21.6. The molecule has 3 rings (SSSR count). The number of hydrogen-bond acceptors (Lipinski definition) is 13. The Hall–Kier alpha value is -3.05. The third-order valence-corrected chi connectivity index (χ3v) is 9.06. The third-order valence-electron chi connectivity index (χ3n) is 6.77. The summed E-state index contributed by atoms with van der Waals surface area (Å²) in [5, 5.41) is 13.3. The summed E-state index contributed by atoms with van der Waals surface area (Å²) in [4.78, 5) is 50.3. The van der Waals surface area contributed by atoms with Gasteiger partial charge in [-0.1, -0.05) is 18.2 Å². The largest absolute Gasteiger partial charge is 0.462 e. The zero-order chi connectivity index (χ0) is 34.2. The van der Waals surface area contributed by atoms with Gasteiger partial charge in [-0.3, -0.25) is 23.5 Å². The van der Waals surface area contributed by atoms with E-state index in [9.17, 15) is 28.8 Å². The lowest BCUT2D eigenvalue weighted by molar-refractivity contribution is -0.150. The molecule has 18 heteroatoms. The van der Waals surface area contributed by atoms with Crippen molar-refractivity contribution in [3.05, 3.63) is 63.4 Å². The topological polar surface area (TPSA) is 200 Å². The number of nitrogens with two attached hydrogens (primary N) is 1. The minimum atomic E-state index is -4.40. The Morgan fingerprint density at radius 2 is 1.87 bits per heavy atom. The smallest absolute Gasteiger partial charge is 0.459 e. The second-order valence-corrected chi connectivity index (χ2v) is 13.6. The summed E-state index contributed by atoms with van der Waals surface area (Å²) in [7, 11) is -4.40. The quantitative estimate of drug-likeness (QED) is 0.170. The van der Waals surface area contributed by atoms with Crippen molar-refractivity contribution >= 4 is 31.4 Å². The number of rotatable bonds is 16. The van der Waals surface area contributed by atoms with Crippen LogP contribution in [0.1, 0.15) is 40.3 Å². The fraction of sp³-hybridized carbons (Fsp3) is 0.571. The lowest BCUT2D eigenvalue weighted by Crippen LogP contribution is -2.47. The van der Waals surface area contributed by atoms with Crippen LogP contribution >= 0.6 is 19.5 Å². The summed E-state index contributed by atoms with van der Waals surface area (Å²) in [5.74, 6) is -0.878. The van der Waals surface area contributed by atoms with Crippen molar-refractivity contribution < 1.29 is 46.9 Å². The molecule has 46 heavy (non-hydrogen) atoms. The Bertz CT molecular complexity index is 1510. The number of hydrogen-bond donors (Lipinski definition) is 3. The highest BCUT2D eigenvalue weighted by molar-refractivity contribution is 7.98. The normalized spacial score (nSPS) is 23.8. The van der Waals surface area contributed by atoms with Crippen LogP contribution in [-0.4, -0.2) is 80.9 Å². The molecule has 1 unspecified atom stereocenters. The van der Waals surface area contributed by atoms with Crippen molar-refractivity contribution in [3.63, 3.8) is 0 Å².